The van der Waals surface area contributed by atoms with Crippen LogP contribution in [0.3, 0.4) is 0 Å². The van der Waals surface area contributed by atoms with E-state index in [-0.39, 0.29) is 12.0 Å². The molecule has 0 spiro atoms. The lowest BCUT2D eigenvalue weighted by atomic mass is 9.75. The van der Waals surface area contributed by atoms with Crippen molar-refractivity contribution >= 4 is 5.82 Å². The molecule has 2 bridgehead atoms. The van der Waals surface area contributed by atoms with Gasteiger partial charge in [0.25, 0.3) is 0 Å². The summed E-state index contributed by atoms with van der Waals surface area (Å²) in [4.78, 5) is 13.4. The zero-order valence-electron chi connectivity index (χ0n) is 13.9. The average Bonchev–Trinajstić information content (AvgIpc) is 3.08. The van der Waals surface area contributed by atoms with Crippen molar-refractivity contribution in [2.24, 2.45) is 5.92 Å². The molecule has 0 radical (unpaired) electrons. The van der Waals surface area contributed by atoms with Crippen LogP contribution in [-0.4, -0.2) is 46.6 Å². The second-order valence-electron chi connectivity index (χ2n) is 7.32. The smallest absolute Gasteiger partial charge is 0.162 e. The van der Waals surface area contributed by atoms with Gasteiger partial charge in [0, 0.05) is 36.9 Å². The minimum Gasteiger partial charge on any atom is -0.350 e. The van der Waals surface area contributed by atoms with Crippen molar-refractivity contribution in [3.63, 3.8) is 0 Å². The summed E-state index contributed by atoms with van der Waals surface area (Å²) in [6.45, 7) is 2.75. The second kappa shape index (κ2) is 5.73. The number of halogens is 2. The molecule has 4 aliphatic heterocycles. The molecule has 0 aliphatic carbocycles. The van der Waals surface area contributed by atoms with Gasteiger partial charge in [-0.1, -0.05) is 12.1 Å². The second-order valence-corrected chi connectivity index (χ2v) is 7.32. The quantitative estimate of drug-likeness (QED) is 0.840. The van der Waals surface area contributed by atoms with Crippen molar-refractivity contribution in [3.05, 3.63) is 54.0 Å². The lowest BCUT2D eigenvalue weighted by Crippen LogP contribution is -2.60. The lowest BCUT2D eigenvalue weighted by Gasteiger charge is -2.51. The number of hydrogen-bond donors (Lipinski definition) is 0. The molecule has 6 heteroatoms. The van der Waals surface area contributed by atoms with E-state index in [1.54, 1.807) is 30.7 Å². The molecule has 2 aromatic rings. The van der Waals surface area contributed by atoms with Crippen LogP contribution in [0.25, 0.3) is 0 Å². The lowest BCUT2D eigenvalue weighted by molar-refractivity contribution is 0.0349. The van der Waals surface area contributed by atoms with Crippen LogP contribution >= 0.6 is 0 Å². The summed E-state index contributed by atoms with van der Waals surface area (Å²) >= 11 is 0. The van der Waals surface area contributed by atoms with Crippen molar-refractivity contribution in [1.82, 2.24) is 14.9 Å². The Bertz CT molecular complexity index is 776. The van der Waals surface area contributed by atoms with Gasteiger partial charge in [-0.05, 0) is 43.5 Å². The van der Waals surface area contributed by atoms with Crippen molar-refractivity contribution in [2.45, 2.75) is 30.8 Å². The molecular weight excluding hydrogens is 322 g/mol. The van der Waals surface area contributed by atoms with Gasteiger partial charge in [-0.25, -0.2) is 13.8 Å². The van der Waals surface area contributed by atoms with E-state index in [1.165, 1.54) is 6.07 Å². The zero-order valence-corrected chi connectivity index (χ0v) is 13.9. The van der Waals surface area contributed by atoms with E-state index in [1.807, 2.05) is 0 Å². The highest BCUT2D eigenvalue weighted by Crippen LogP contribution is 2.48. The molecule has 5 heterocycles. The van der Waals surface area contributed by atoms with Gasteiger partial charge in [-0.15, -0.1) is 0 Å². The van der Waals surface area contributed by atoms with Crippen LogP contribution in [-0.2, 0) is 0 Å². The van der Waals surface area contributed by atoms with Crippen LogP contribution in [0.1, 0.15) is 24.3 Å². The van der Waals surface area contributed by atoms with E-state index in [0.29, 0.717) is 24.1 Å². The van der Waals surface area contributed by atoms with Gasteiger partial charge >= 0.3 is 0 Å². The Morgan fingerprint density at radius 1 is 1.04 bits per heavy atom. The Kier molecular flexibility index (Phi) is 3.48. The van der Waals surface area contributed by atoms with Gasteiger partial charge in [0.05, 0.1) is 6.20 Å². The van der Waals surface area contributed by atoms with Gasteiger partial charge in [-0.3, -0.25) is 9.88 Å². The normalized spacial score (nSPS) is 33.5. The van der Waals surface area contributed by atoms with Gasteiger partial charge in [0.15, 0.2) is 11.6 Å². The number of piperidine rings is 3. The molecule has 4 aliphatic rings. The number of anilines is 1. The van der Waals surface area contributed by atoms with Gasteiger partial charge in [-0.2, -0.15) is 0 Å². The zero-order chi connectivity index (χ0) is 17.0. The molecule has 0 saturated carbocycles. The summed E-state index contributed by atoms with van der Waals surface area (Å²) in [6, 6.07) is 5.06. The number of benzene rings is 1. The number of aromatic nitrogens is 2. The Hall–Kier alpha value is -2.08. The Morgan fingerprint density at radius 3 is 2.64 bits per heavy atom. The van der Waals surface area contributed by atoms with Crippen molar-refractivity contribution in [2.75, 3.05) is 24.5 Å². The molecular formula is C19H20F2N4. The van der Waals surface area contributed by atoms with Crippen molar-refractivity contribution in [3.8, 4) is 0 Å². The molecule has 0 amide bonds. The van der Waals surface area contributed by atoms with Crippen LogP contribution in [0.15, 0.2) is 36.8 Å². The molecule has 4 fully saturated rings. The molecule has 25 heavy (non-hydrogen) atoms. The Balaban J connectivity index is 1.59. The summed E-state index contributed by atoms with van der Waals surface area (Å²) in [5, 5.41) is 0. The predicted octanol–water partition coefficient (Wildman–Crippen LogP) is 2.82. The number of rotatable bonds is 2. The summed E-state index contributed by atoms with van der Waals surface area (Å²) in [5.74, 6) is -0.0899. The Morgan fingerprint density at radius 2 is 1.88 bits per heavy atom. The minimum absolute atomic E-state index is 0.0502. The first-order chi connectivity index (χ1) is 12.2. The molecule has 4 nitrogen and oxygen atoms in total. The molecule has 1 aromatic carbocycles. The first-order valence-corrected chi connectivity index (χ1v) is 8.94. The third-order valence-electron chi connectivity index (χ3n) is 6.22. The summed E-state index contributed by atoms with van der Waals surface area (Å²) in [5.41, 5.74) is 0.494. The largest absolute Gasteiger partial charge is 0.350 e. The molecule has 130 valence electrons. The maximum absolute atomic E-state index is 14.5. The maximum Gasteiger partial charge on any atom is 0.162 e. The first kappa shape index (κ1) is 15.2. The fourth-order valence-corrected chi connectivity index (χ4v) is 5.20. The standard InChI is InChI=1S/C19H20F2N4/c20-15-3-1-2-13(17(15)21)14-11-25(16-10-22-6-7-23-16)18-12-4-8-24(9-5-12)19(14)18/h1-3,6-7,10,12,14,18-19H,4-5,8-9,11H2/t14-,18-,19-/m0/s1. The summed E-state index contributed by atoms with van der Waals surface area (Å²) in [6.07, 6.45) is 7.46. The third-order valence-corrected chi connectivity index (χ3v) is 6.22. The highest BCUT2D eigenvalue weighted by atomic mass is 19.2. The SMILES string of the molecule is Fc1cccc([C@@H]2CN(c3cnccn3)[C@H]3C4CCN(CC4)[C@@H]23)c1F. The van der Waals surface area contributed by atoms with Crippen LogP contribution in [0.2, 0.25) is 0 Å². The number of nitrogens with zero attached hydrogens (tertiary/aromatic N) is 4. The topological polar surface area (TPSA) is 32.3 Å². The number of hydrogen-bond acceptors (Lipinski definition) is 4. The fraction of sp³-hybridized carbons (Fsp3) is 0.474. The highest BCUT2D eigenvalue weighted by Gasteiger charge is 2.54. The minimum atomic E-state index is -0.761. The van der Waals surface area contributed by atoms with E-state index in [9.17, 15) is 8.78 Å². The van der Waals surface area contributed by atoms with Crippen LogP contribution in [0.4, 0.5) is 14.6 Å². The van der Waals surface area contributed by atoms with Gasteiger partial charge in [0.2, 0.25) is 0 Å². The maximum atomic E-state index is 14.5. The van der Waals surface area contributed by atoms with Crippen LogP contribution in [0, 0.1) is 17.6 Å². The van der Waals surface area contributed by atoms with E-state index in [4.69, 9.17) is 0 Å². The predicted molar refractivity (Wildman–Crippen MR) is 90.4 cm³/mol. The van der Waals surface area contributed by atoms with E-state index in [2.05, 4.69) is 19.8 Å². The molecule has 6 rings (SSSR count). The molecule has 0 unspecified atom stereocenters. The summed E-state index contributed by atoms with van der Waals surface area (Å²) in [7, 11) is 0. The van der Waals surface area contributed by atoms with E-state index in [0.717, 1.165) is 31.7 Å². The van der Waals surface area contributed by atoms with Crippen LogP contribution < -0.4 is 4.90 Å². The van der Waals surface area contributed by atoms with Gasteiger partial charge < -0.3 is 4.90 Å². The molecule has 1 aromatic heterocycles. The van der Waals surface area contributed by atoms with Crippen molar-refractivity contribution < 1.29 is 8.78 Å². The Labute approximate surface area is 145 Å². The number of fused-ring (bicyclic) bond motifs is 2. The molecule has 0 N–H and O–H groups in total. The third kappa shape index (κ3) is 2.27. The summed E-state index contributed by atoms with van der Waals surface area (Å²) < 4.78 is 28.4. The highest BCUT2D eigenvalue weighted by molar-refractivity contribution is 5.45. The molecule has 4 saturated heterocycles. The van der Waals surface area contributed by atoms with E-state index >= 15 is 0 Å². The monoisotopic (exact) mass is 342 g/mol. The van der Waals surface area contributed by atoms with Gasteiger partial charge in [0.1, 0.15) is 5.82 Å². The first-order valence-electron chi connectivity index (χ1n) is 8.94. The van der Waals surface area contributed by atoms with Crippen molar-refractivity contribution in [1.29, 1.82) is 0 Å². The van der Waals surface area contributed by atoms with E-state index < -0.39 is 11.6 Å². The average molecular weight is 342 g/mol. The molecule has 3 atom stereocenters. The van der Waals surface area contributed by atoms with Crippen LogP contribution in [0.5, 0.6) is 0 Å². The fourth-order valence-electron chi connectivity index (χ4n) is 5.20.